The van der Waals surface area contributed by atoms with Crippen LogP contribution >= 0.6 is 11.8 Å². The van der Waals surface area contributed by atoms with Crippen LogP contribution in [0.4, 0.5) is 11.4 Å². The zero-order valence-corrected chi connectivity index (χ0v) is 23.1. The Kier molecular flexibility index (Phi) is 9.32. The van der Waals surface area contributed by atoms with Crippen molar-refractivity contribution in [2.24, 2.45) is 4.99 Å². The molecule has 0 radical (unpaired) electrons. The topological polar surface area (TPSA) is 98.7 Å². The van der Waals surface area contributed by atoms with Crippen molar-refractivity contribution in [2.75, 3.05) is 33.3 Å². The molecule has 1 fully saturated rings. The highest BCUT2D eigenvalue weighted by Crippen LogP contribution is 2.33. The van der Waals surface area contributed by atoms with Crippen LogP contribution in [0, 0.1) is 0 Å². The monoisotopic (exact) mass is 549 g/mol. The van der Waals surface area contributed by atoms with E-state index in [9.17, 15) is 9.59 Å². The Morgan fingerprint density at radius 2 is 1.64 bits per heavy atom. The van der Waals surface area contributed by atoms with Crippen molar-refractivity contribution in [3.63, 3.8) is 0 Å². The van der Waals surface area contributed by atoms with Gasteiger partial charge in [0.25, 0.3) is 0 Å². The number of amides is 2. The van der Waals surface area contributed by atoms with E-state index in [1.54, 1.807) is 80.8 Å². The van der Waals surface area contributed by atoms with Gasteiger partial charge in [0, 0.05) is 12.1 Å². The second-order valence-electron chi connectivity index (χ2n) is 8.52. The predicted molar refractivity (Wildman–Crippen MR) is 152 cm³/mol. The maximum absolute atomic E-state index is 13.4. The van der Waals surface area contributed by atoms with E-state index in [2.05, 4.69) is 5.32 Å². The summed E-state index contributed by atoms with van der Waals surface area (Å²) in [5, 5.41) is 2.68. The Balaban J connectivity index is 1.58. The Labute approximate surface area is 232 Å². The van der Waals surface area contributed by atoms with E-state index in [4.69, 9.17) is 23.9 Å². The van der Waals surface area contributed by atoms with Crippen LogP contribution in [-0.4, -0.2) is 55.1 Å². The SMILES string of the molecule is CCOc1ccc(NC(=O)C2CC(=O)N(Cc3ccc(OC)c(OC)c3)C(=Nc3ccc(OC)cc3)S2)cc1. The average Bonchev–Trinajstić information content (AvgIpc) is 2.96. The number of hydrogen-bond acceptors (Lipinski definition) is 8. The third-order valence-corrected chi connectivity index (χ3v) is 7.14. The quantitative estimate of drug-likeness (QED) is 0.368. The van der Waals surface area contributed by atoms with Crippen LogP contribution in [0.5, 0.6) is 23.0 Å². The molecule has 0 saturated carbocycles. The predicted octanol–water partition coefficient (Wildman–Crippen LogP) is 5.27. The summed E-state index contributed by atoms with van der Waals surface area (Å²) in [6.07, 6.45) is 0.0302. The molecule has 0 aliphatic carbocycles. The largest absolute Gasteiger partial charge is 0.497 e. The molecule has 1 N–H and O–H groups in total. The lowest BCUT2D eigenvalue weighted by Crippen LogP contribution is -2.44. The van der Waals surface area contributed by atoms with Gasteiger partial charge in [0.1, 0.15) is 16.7 Å². The number of methoxy groups -OCH3 is 3. The molecule has 204 valence electrons. The van der Waals surface area contributed by atoms with Crippen LogP contribution in [0.25, 0.3) is 0 Å². The third-order valence-electron chi connectivity index (χ3n) is 5.95. The fourth-order valence-electron chi connectivity index (χ4n) is 3.95. The number of ether oxygens (including phenoxy) is 4. The minimum atomic E-state index is -0.650. The summed E-state index contributed by atoms with van der Waals surface area (Å²) >= 11 is 1.25. The number of benzene rings is 3. The number of nitrogens with zero attached hydrogens (tertiary/aromatic N) is 2. The maximum Gasteiger partial charge on any atom is 0.238 e. The number of aliphatic imine (C=N–C) groups is 1. The van der Waals surface area contributed by atoms with Gasteiger partial charge < -0.3 is 24.3 Å². The van der Waals surface area contributed by atoms with Gasteiger partial charge in [0.2, 0.25) is 11.8 Å². The number of nitrogens with one attached hydrogen (secondary N) is 1. The average molecular weight is 550 g/mol. The van der Waals surface area contributed by atoms with Gasteiger partial charge in [-0.15, -0.1) is 0 Å². The summed E-state index contributed by atoms with van der Waals surface area (Å²) in [5.74, 6) is 2.10. The molecule has 1 atom stereocenters. The van der Waals surface area contributed by atoms with Crippen molar-refractivity contribution < 1.29 is 28.5 Å². The summed E-state index contributed by atoms with van der Waals surface area (Å²) in [6, 6.07) is 19.8. The van der Waals surface area contributed by atoms with E-state index < -0.39 is 5.25 Å². The molecule has 1 heterocycles. The van der Waals surface area contributed by atoms with Gasteiger partial charge in [-0.05, 0) is 73.2 Å². The van der Waals surface area contributed by atoms with E-state index in [1.165, 1.54) is 11.8 Å². The number of amidine groups is 1. The Hall–Kier alpha value is -4.18. The minimum absolute atomic E-state index is 0.0302. The van der Waals surface area contributed by atoms with Gasteiger partial charge in [-0.1, -0.05) is 17.8 Å². The molecular weight excluding hydrogens is 518 g/mol. The first-order valence-electron chi connectivity index (χ1n) is 12.4. The van der Waals surface area contributed by atoms with E-state index in [-0.39, 0.29) is 24.8 Å². The molecule has 1 saturated heterocycles. The van der Waals surface area contributed by atoms with Gasteiger partial charge >= 0.3 is 0 Å². The van der Waals surface area contributed by atoms with Crippen LogP contribution in [0.1, 0.15) is 18.9 Å². The van der Waals surface area contributed by atoms with Crippen LogP contribution in [0.15, 0.2) is 71.7 Å². The summed E-state index contributed by atoms with van der Waals surface area (Å²) in [6.45, 7) is 2.73. The standard InChI is InChI=1S/C29H31N3O6S/c1-5-38-23-13-9-20(10-14-23)30-28(34)26-17-27(33)32(18-19-6-15-24(36-3)25(16-19)37-4)29(39-26)31-21-7-11-22(35-2)12-8-21/h6-16,26H,5,17-18H2,1-4H3,(H,30,34). The molecule has 0 aromatic heterocycles. The Morgan fingerprint density at radius 1 is 0.949 bits per heavy atom. The molecule has 3 aromatic carbocycles. The molecular formula is C29H31N3O6S. The lowest BCUT2D eigenvalue weighted by atomic mass is 10.1. The molecule has 39 heavy (non-hydrogen) atoms. The summed E-state index contributed by atoms with van der Waals surface area (Å²) in [4.78, 5) is 32.9. The number of carbonyl (C=O) groups is 2. The van der Waals surface area contributed by atoms with Crippen LogP contribution in [0.3, 0.4) is 0 Å². The molecule has 1 aliphatic rings. The van der Waals surface area contributed by atoms with Gasteiger partial charge in [-0.2, -0.15) is 0 Å². The highest BCUT2D eigenvalue weighted by Gasteiger charge is 2.36. The number of rotatable bonds is 10. The van der Waals surface area contributed by atoms with E-state index in [0.29, 0.717) is 40.4 Å². The van der Waals surface area contributed by atoms with Gasteiger partial charge in [-0.3, -0.25) is 14.5 Å². The second kappa shape index (κ2) is 13.1. The summed E-state index contributed by atoms with van der Waals surface area (Å²) in [7, 11) is 4.73. The van der Waals surface area contributed by atoms with Crippen LogP contribution < -0.4 is 24.3 Å². The van der Waals surface area contributed by atoms with Gasteiger partial charge in [-0.25, -0.2) is 4.99 Å². The Bertz CT molecular complexity index is 1330. The molecule has 9 nitrogen and oxygen atoms in total. The van der Waals surface area contributed by atoms with Crippen molar-refractivity contribution >= 4 is 40.1 Å². The lowest BCUT2D eigenvalue weighted by molar-refractivity contribution is -0.129. The van der Waals surface area contributed by atoms with Crippen molar-refractivity contribution in [1.82, 2.24) is 4.90 Å². The van der Waals surface area contributed by atoms with Gasteiger partial charge in [0.15, 0.2) is 16.7 Å². The number of hydrogen-bond donors (Lipinski definition) is 1. The first-order valence-corrected chi connectivity index (χ1v) is 13.3. The zero-order valence-electron chi connectivity index (χ0n) is 22.3. The maximum atomic E-state index is 13.4. The fraction of sp³-hybridized carbons (Fsp3) is 0.276. The van der Waals surface area contributed by atoms with Crippen LogP contribution in [-0.2, 0) is 16.1 Å². The zero-order chi connectivity index (χ0) is 27.8. The number of thioether (sulfide) groups is 1. The molecule has 0 spiro atoms. The number of carbonyl (C=O) groups excluding carboxylic acids is 2. The van der Waals surface area contributed by atoms with Crippen molar-refractivity contribution in [1.29, 1.82) is 0 Å². The molecule has 10 heteroatoms. The van der Waals surface area contributed by atoms with E-state index in [1.807, 2.05) is 19.1 Å². The lowest BCUT2D eigenvalue weighted by Gasteiger charge is -2.32. The minimum Gasteiger partial charge on any atom is -0.497 e. The number of anilines is 1. The molecule has 0 bridgehead atoms. The smallest absolute Gasteiger partial charge is 0.238 e. The van der Waals surface area contributed by atoms with E-state index >= 15 is 0 Å². The van der Waals surface area contributed by atoms with Crippen molar-refractivity contribution in [2.45, 2.75) is 25.1 Å². The van der Waals surface area contributed by atoms with Crippen LogP contribution in [0.2, 0.25) is 0 Å². The third kappa shape index (κ3) is 7.02. The molecule has 3 aromatic rings. The summed E-state index contributed by atoms with van der Waals surface area (Å²) < 4.78 is 21.5. The fourth-order valence-corrected chi connectivity index (χ4v) is 5.05. The summed E-state index contributed by atoms with van der Waals surface area (Å²) in [5.41, 5.74) is 2.09. The van der Waals surface area contributed by atoms with E-state index in [0.717, 1.165) is 11.3 Å². The highest BCUT2D eigenvalue weighted by molar-refractivity contribution is 8.15. The Morgan fingerprint density at radius 3 is 2.28 bits per heavy atom. The van der Waals surface area contributed by atoms with Crippen molar-refractivity contribution in [3.8, 4) is 23.0 Å². The van der Waals surface area contributed by atoms with Gasteiger partial charge in [0.05, 0.1) is 40.2 Å². The highest BCUT2D eigenvalue weighted by atomic mass is 32.2. The molecule has 1 aliphatic heterocycles. The first kappa shape index (κ1) is 27.8. The molecule has 1 unspecified atom stereocenters. The second-order valence-corrected chi connectivity index (χ2v) is 9.69. The molecule has 2 amide bonds. The molecule has 4 rings (SSSR count). The normalized spacial score (nSPS) is 16.1. The van der Waals surface area contributed by atoms with Crippen molar-refractivity contribution in [3.05, 3.63) is 72.3 Å². The first-order chi connectivity index (χ1) is 18.9.